The summed E-state index contributed by atoms with van der Waals surface area (Å²) in [7, 11) is -2.02. The molecule has 0 N–H and O–H groups in total. The Kier molecular flexibility index (Phi) is 3.41. The molecule has 0 unspecified atom stereocenters. The van der Waals surface area contributed by atoms with E-state index in [1.807, 2.05) is 0 Å². The van der Waals surface area contributed by atoms with Gasteiger partial charge >= 0.3 is 0 Å². The van der Waals surface area contributed by atoms with Gasteiger partial charge in [0.2, 0.25) is 10.0 Å². The van der Waals surface area contributed by atoms with Crippen LogP contribution in [-0.2, 0) is 14.8 Å². The van der Waals surface area contributed by atoms with Crippen molar-refractivity contribution in [2.75, 3.05) is 20.2 Å². The molecule has 1 aliphatic rings. The van der Waals surface area contributed by atoms with Crippen LogP contribution in [0.2, 0.25) is 0 Å². The van der Waals surface area contributed by atoms with Gasteiger partial charge in [0.15, 0.2) is 0 Å². The van der Waals surface area contributed by atoms with Gasteiger partial charge in [0.1, 0.15) is 11.5 Å². The van der Waals surface area contributed by atoms with Gasteiger partial charge in [0, 0.05) is 13.0 Å². The lowest BCUT2D eigenvalue weighted by molar-refractivity contribution is -0.116. The Morgan fingerprint density at radius 1 is 1.33 bits per heavy atom. The average molecular weight is 269 g/mol. The summed E-state index contributed by atoms with van der Waals surface area (Å²) in [5, 5.41) is 0. The summed E-state index contributed by atoms with van der Waals surface area (Å²) in [6.45, 7) is 2.03. The molecule has 5 nitrogen and oxygen atoms in total. The number of hydrogen-bond acceptors (Lipinski definition) is 4. The van der Waals surface area contributed by atoms with E-state index in [9.17, 15) is 13.2 Å². The summed E-state index contributed by atoms with van der Waals surface area (Å²) in [4.78, 5) is 11.4. The smallest absolute Gasteiger partial charge is 0.243 e. The average Bonchev–Trinajstić information content (AvgIpc) is 2.76. The van der Waals surface area contributed by atoms with Crippen molar-refractivity contribution in [3.63, 3.8) is 0 Å². The fourth-order valence-electron chi connectivity index (χ4n) is 1.97. The largest absolute Gasteiger partial charge is 0.496 e. The number of ether oxygens (including phenoxy) is 1. The highest BCUT2D eigenvalue weighted by atomic mass is 32.2. The summed E-state index contributed by atoms with van der Waals surface area (Å²) in [6, 6.07) is 4.70. The molecule has 1 fully saturated rings. The molecule has 1 heterocycles. The van der Waals surface area contributed by atoms with Crippen LogP contribution in [0.1, 0.15) is 12.0 Å². The third-order valence-electron chi connectivity index (χ3n) is 3.00. The number of benzene rings is 1. The quantitative estimate of drug-likeness (QED) is 0.820. The van der Waals surface area contributed by atoms with Crippen molar-refractivity contribution in [2.24, 2.45) is 0 Å². The molecule has 18 heavy (non-hydrogen) atoms. The second kappa shape index (κ2) is 4.70. The minimum absolute atomic E-state index is 0.0204. The maximum Gasteiger partial charge on any atom is 0.243 e. The molecule has 1 aromatic rings. The molecule has 6 heteroatoms. The van der Waals surface area contributed by atoms with Crippen molar-refractivity contribution in [1.82, 2.24) is 4.31 Å². The summed E-state index contributed by atoms with van der Waals surface area (Å²) in [5.41, 5.74) is 0.754. The zero-order valence-corrected chi connectivity index (χ0v) is 11.2. The van der Waals surface area contributed by atoms with E-state index in [4.69, 9.17) is 4.74 Å². The highest BCUT2D eigenvalue weighted by molar-refractivity contribution is 7.89. The normalized spacial score (nSPS) is 17.1. The number of nitrogens with zero attached hydrogens (tertiary/aromatic N) is 1. The molecule has 0 spiro atoms. The minimum Gasteiger partial charge on any atom is -0.496 e. The van der Waals surface area contributed by atoms with Crippen LogP contribution in [0.25, 0.3) is 0 Å². The number of hydrogen-bond donors (Lipinski definition) is 0. The number of sulfonamides is 1. The third kappa shape index (κ3) is 2.26. The molecule has 1 aliphatic heterocycles. The number of methoxy groups -OCH3 is 1. The van der Waals surface area contributed by atoms with Crippen LogP contribution in [0.5, 0.6) is 5.75 Å². The van der Waals surface area contributed by atoms with Crippen LogP contribution in [-0.4, -0.2) is 38.7 Å². The van der Waals surface area contributed by atoms with Crippen LogP contribution in [0.3, 0.4) is 0 Å². The Hall–Kier alpha value is -1.40. The molecular formula is C12H15NO4S. The fourth-order valence-corrected chi connectivity index (χ4v) is 3.48. The molecule has 2 rings (SSSR count). The molecule has 1 saturated heterocycles. The van der Waals surface area contributed by atoms with E-state index >= 15 is 0 Å². The van der Waals surface area contributed by atoms with Gasteiger partial charge < -0.3 is 4.74 Å². The van der Waals surface area contributed by atoms with Gasteiger partial charge in [-0.15, -0.1) is 0 Å². The highest BCUT2D eigenvalue weighted by Crippen LogP contribution is 2.25. The lowest BCUT2D eigenvalue weighted by Gasteiger charge is -2.15. The van der Waals surface area contributed by atoms with Crippen LogP contribution < -0.4 is 4.74 Å². The molecule has 0 bridgehead atoms. The van der Waals surface area contributed by atoms with E-state index in [-0.39, 0.29) is 23.8 Å². The van der Waals surface area contributed by atoms with Gasteiger partial charge in [0.05, 0.1) is 18.6 Å². The molecular weight excluding hydrogens is 254 g/mol. The number of Topliss-reactive ketones (excluding diaryl/α,β-unsaturated/α-hetero) is 1. The van der Waals surface area contributed by atoms with Gasteiger partial charge in [0.25, 0.3) is 0 Å². The Morgan fingerprint density at radius 2 is 2.06 bits per heavy atom. The summed E-state index contributed by atoms with van der Waals surface area (Å²) < 4.78 is 30.8. The number of carbonyl (C=O) groups excluding carboxylic acids is 1. The van der Waals surface area contributed by atoms with Crippen LogP contribution >= 0.6 is 0 Å². The molecule has 0 aliphatic carbocycles. The van der Waals surface area contributed by atoms with Gasteiger partial charge in [-0.3, -0.25) is 4.79 Å². The Balaban J connectivity index is 2.36. The predicted octanol–water partition coefficient (Wildman–Crippen LogP) is 0.967. The monoisotopic (exact) mass is 269 g/mol. The standard InChI is InChI=1S/C12H15NO4S/c1-9-7-11(3-4-12(9)17-2)18(15,16)13-6-5-10(14)8-13/h3-4,7H,5-6,8H2,1-2H3. The summed E-state index contributed by atoms with van der Waals surface area (Å²) in [6.07, 6.45) is 0.300. The minimum atomic E-state index is -3.56. The van der Waals surface area contributed by atoms with E-state index in [0.717, 1.165) is 5.56 Å². The van der Waals surface area contributed by atoms with E-state index < -0.39 is 10.0 Å². The first-order valence-electron chi connectivity index (χ1n) is 5.61. The van der Waals surface area contributed by atoms with E-state index in [2.05, 4.69) is 0 Å². The first-order chi connectivity index (χ1) is 8.45. The summed E-state index contributed by atoms with van der Waals surface area (Å²) in [5.74, 6) is 0.607. The van der Waals surface area contributed by atoms with Gasteiger partial charge in [-0.1, -0.05) is 0 Å². The Morgan fingerprint density at radius 3 is 2.56 bits per heavy atom. The molecule has 98 valence electrons. The van der Waals surface area contributed by atoms with E-state index in [0.29, 0.717) is 12.2 Å². The number of ketones is 1. The molecule has 0 aromatic heterocycles. The Labute approximate surface area is 106 Å². The fraction of sp³-hybridized carbons (Fsp3) is 0.417. The predicted molar refractivity (Wildman–Crippen MR) is 66.1 cm³/mol. The van der Waals surface area contributed by atoms with Gasteiger partial charge in [-0.05, 0) is 30.7 Å². The van der Waals surface area contributed by atoms with E-state index in [1.54, 1.807) is 19.1 Å². The molecule has 0 radical (unpaired) electrons. The van der Waals surface area contributed by atoms with Crippen LogP contribution in [0, 0.1) is 6.92 Å². The van der Waals surface area contributed by atoms with Crippen molar-refractivity contribution in [2.45, 2.75) is 18.2 Å². The Bertz CT molecular complexity index is 580. The second-order valence-electron chi connectivity index (χ2n) is 4.26. The zero-order valence-electron chi connectivity index (χ0n) is 10.3. The van der Waals surface area contributed by atoms with Crippen molar-refractivity contribution in [1.29, 1.82) is 0 Å². The maximum atomic E-state index is 12.3. The van der Waals surface area contributed by atoms with Crippen molar-refractivity contribution in [3.05, 3.63) is 23.8 Å². The SMILES string of the molecule is COc1ccc(S(=O)(=O)N2CCC(=O)C2)cc1C. The number of rotatable bonds is 3. The first-order valence-corrected chi connectivity index (χ1v) is 7.05. The van der Waals surface area contributed by atoms with Crippen molar-refractivity contribution in [3.8, 4) is 5.75 Å². The van der Waals surface area contributed by atoms with Crippen molar-refractivity contribution < 1.29 is 17.9 Å². The first kappa shape index (κ1) is 13.0. The number of carbonyl (C=O) groups is 1. The van der Waals surface area contributed by atoms with Gasteiger partial charge in [-0.25, -0.2) is 8.42 Å². The van der Waals surface area contributed by atoms with Crippen LogP contribution in [0.15, 0.2) is 23.1 Å². The van der Waals surface area contributed by atoms with Crippen LogP contribution in [0.4, 0.5) is 0 Å². The highest BCUT2D eigenvalue weighted by Gasteiger charge is 2.31. The maximum absolute atomic E-state index is 12.3. The lowest BCUT2D eigenvalue weighted by Crippen LogP contribution is -2.29. The van der Waals surface area contributed by atoms with Gasteiger partial charge in [-0.2, -0.15) is 4.31 Å². The third-order valence-corrected chi connectivity index (χ3v) is 4.84. The molecule has 1 aromatic carbocycles. The van der Waals surface area contributed by atoms with E-state index in [1.165, 1.54) is 17.5 Å². The summed E-state index contributed by atoms with van der Waals surface area (Å²) >= 11 is 0. The molecule has 0 saturated carbocycles. The zero-order chi connectivity index (χ0) is 13.3. The second-order valence-corrected chi connectivity index (χ2v) is 6.20. The van der Waals surface area contributed by atoms with Crippen molar-refractivity contribution >= 4 is 15.8 Å². The number of aryl methyl sites for hydroxylation is 1. The molecule has 0 amide bonds. The lowest BCUT2D eigenvalue weighted by atomic mass is 10.2. The molecule has 0 atom stereocenters. The topological polar surface area (TPSA) is 63.7 Å².